The molecule has 1 aromatic rings. The fraction of sp³-hybridized carbons (Fsp3) is 0.667. The third-order valence-electron chi connectivity index (χ3n) is 6.20. The van der Waals surface area contributed by atoms with Crippen molar-refractivity contribution < 1.29 is 4.39 Å². The van der Waals surface area contributed by atoms with Crippen molar-refractivity contribution in [1.82, 2.24) is 4.90 Å². The molecule has 0 spiro atoms. The monoisotopic (exact) mass is 357 g/mol. The van der Waals surface area contributed by atoms with Gasteiger partial charge in [0.15, 0.2) is 0 Å². The third kappa shape index (κ3) is 4.39. The Morgan fingerprint density at radius 1 is 1.12 bits per heavy atom. The van der Waals surface area contributed by atoms with Gasteiger partial charge < -0.3 is 0 Å². The zero-order valence-electron chi connectivity index (χ0n) is 17.4. The predicted molar refractivity (Wildman–Crippen MR) is 110 cm³/mol. The van der Waals surface area contributed by atoms with Gasteiger partial charge in [-0.3, -0.25) is 4.90 Å². The van der Waals surface area contributed by atoms with Gasteiger partial charge in [-0.25, -0.2) is 4.39 Å². The summed E-state index contributed by atoms with van der Waals surface area (Å²) in [4.78, 5) is 2.50. The Balaban J connectivity index is 1.94. The second-order valence-corrected chi connectivity index (χ2v) is 10.1. The van der Waals surface area contributed by atoms with E-state index in [4.69, 9.17) is 0 Å². The van der Waals surface area contributed by atoms with Crippen LogP contribution < -0.4 is 0 Å². The van der Waals surface area contributed by atoms with Crippen molar-refractivity contribution in [2.24, 2.45) is 10.8 Å². The first kappa shape index (κ1) is 19.6. The predicted octanol–water partition coefficient (Wildman–Crippen LogP) is 6.64. The van der Waals surface area contributed by atoms with Crippen LogP contribution in [0.4, 0.5) is 4.39 Å². The third-order valence-corrected chi connectivity index (χ3v) is 6.20. The van der Waals surface area contributed by atoms with Crippen LogP contribution in [0.25, 0.3) is 5.57 Å². The minimum atomic E-state index is -0.00196. The zero-order chi connectivity index (χ0) is 18.9. The lowest BCUT2D eigenvalue weighted by Gasteiger charge is -2.45. The molecule has 1 heterocycles. The molecular weight excluding hydrogens is 321 g/mol. The standard InChI is InChI=1S/C24H36FN/c1-6-12-26-13-10-18(11-14-26)20-8-7-9-21(25)22(20)19-15-23(2,3)17-24(4,5)16-19/h7-10,19H,6,11-17H2,1-5H3. The summed E-state index contributed by atoms with van der Waals surface area (Å²) in [6.45, 7) is 14.9. The summed E-state index contributed by atoms with van der Waals surface area (Å²) in [6.07, 6.45) is 7.96. The maximum atomic E-state index is 15.1. The fourth-order valence-corrected chi connectivity index (χ4v) is 5.76. The number of rotatable bonds is 4. The average Bonchev–Trinajstić information content (AvgIpc) is 2.52. The molecule has 0 unspecified atom stereocenters. The molecule has 26 heavy (non-hydrogen) atoms. The molecule has 2 aliphatic rings. The molecule has 0 atom stereocenters. The van der Waals surface area contributed by atoms with Crippen LogP contribution in [-0.4, -0.2) is 24.5 Å². The topological polar surface area (TPSA) is 3.24 Å². The highest BCUT2D eigenvalue weighted by Crippen LogP contribution is 2.53. The second-order valence-electron chi connectivity index (χ2n) is 10.1. The largest absolute Gasteiger partial charge is 0.299 e. The Labute approximate surface area is 159 Å². The van der Waals surface area contributed by atoms with Crippen LogP contribution in [-0.2, 0) is 0 Å². The Bertz CT molecular complexity index is 655. The van der Waals surface area contributed by atoms with Crippen molar-refractivity contribution >= 4 is 5.57 Å². The SMILES string of the molecule is CCCN1CC=C(c2cccc(F)c2C2CC(C)(C)CC(C)(C)C2)CC1. The second kappa shape index (κ2) is 7.46. The number of hydrogen-bond donors (Lipinski definition) is 0. The van der Waals surface area contributed by atoms with Crippen molar-refractivity contribution in [3.63, 3.8) is 0 Å². The van der Waals surface area contributed by atoms with E-state index in [1.165, 1.54) is 24.0 Å². The van der Waals surface area contributed by atoms with E-state index in [1.54, 1.807) is 6.07 Å². The van der Waals surface area contributed by atoms with Gasteiger partial charge in [0.25, 0.3) is 0 Å². The Kier molecular flexibility index (Phi) is 5.63. The van der Waals surface area contributed by atoms with E-state index in [0.29, 0.717) is 5.92 Å². The van der Waals surface area contributed by atoms with Crippen LogP contribution >= 0.6 is 0 Å². The molecule has 1 aliphatic heterocycles. The van der Waals surface area contributed by atoms with Crippen molar-refractivity contribution in [3.05, 3.63) is 41.2 Å². The molecular formula is C24H36FN. The van der Waals surface area contributed by atoms with Crippen LogP contribution in [0.5, 0.6) is 0 Å². The summed E-state index contributed by atoms with van der Waals surface area (Å²) < 4.78 is 15.1. The first-order valence-electron chi connectivity index (χ1n) is 10.4. The number of benzene rings is 1. The molecule has 0 radical (unpaired) electrons. The Hall–Kier alpha value is -1.15. The zero-order valence-corrected chi connectivity index (χ0v) is 17.4. The van der Waals surface area contributed by atoms with Crippen molar-refractivity contribution in [1.29, 1.82) is 0 Å². The summed E-state index contributed by atoms with van der Waals surface area (Å²) in [5.74, 6) is 0.317. The molecule has 0 amide bonds. The molecule has 1 saturated carbocycles. The van der Waals surface area contributed by atoms with Gasteiger partial charge in [-0.15, -0.1) is 0 Å². The Morgan fingerprint density at radius 2 is 1.81 bits per heavy atom. The molecule has 0 N–H and O–H groups in total. The van der Waals surface area contributed by atoms with Gasteiger partial charge in [0, 0.05) is 13.1 Å². The highest BCUT2D eigenvalue weighted by Gasteiger charge is 2.40. The molecule has 0 bridgehead atoms. The van der Waals surface area contributed by atoms with E-state index in [2.05, 4.69) is 51.7 Å². The molecule has 3 rings (SSSR count). The van der Waals surface area contributed by atoms with Gasteiger partial charge in [0.2, 0.25) is 0 Å². The first-order chi connectivity index (χ1) is 12.2. The molecule has 1 nitrogen and oxygen atoms in total. The van der Waals surface area contributed by atoms with Gasteiger partial charge in [0.05, 0.1) is 0 Å². The fourth-order valence-electron chi connectivity index (χ4n) is 5.76. The van der Waals surface area contributed by atoms with E-state index >= 15 is 4.39 Å². The number of nitrogens with zero attached hydrogens (tertiary/aromatic N) is 1. The highest BCUT2D eigenvalue weighted by atomic mass is 19.1. The van der Waals surface area contributed by atoms with E-state index in [1.807, 2.05) is 6.07 Å². The smallest absolute Gasteiger partial charge is 0.127 e. The normalized spacial score (nSPS) is 23.7. The van der Waals surface area contributed by atoms with Gasteiger partial charge in [-0.05, 0) is 78.2 Å². The average molecular weight is 358 g/mol. The van der Waals surface area contributed by atoms with Crippen LogP contribution in [0.3, 0.4) is 0 Å². The molecule has 0 aromatic heterocycles. The van der Waals surface area contributed by atoms with Crippen LogP contribution in [0.15, 0.2) is 24.3 Å². The van der Waals surface area contributed by atoms with Crippen molar-refractivity contribution in [2.75, 3.05) is 19.6 Å². The number of hydrogen-bond acceptors (Lipinski definition) is 1. The first-order valence-corrected chi connectivity index (χ1v) is 10.4. The van der Waals surface area contributed by atoms with Gasteiger partial charge >= 0.3 is 0 Å². The maximum absolute atomic E-state index is 15.1. The lowest BCUT2D eigenvalue weighted by atomic mass is 9.59. The van der Waals surface area contributed by atoms with Crippen LogP contribution in [0.1, 0.15) is 83.8 Å². The molecule has 144 valence electrons. The van der Waals surface area contributed by atoms with Crippen molar-refractivity contribution in [2.45, 2.75) is 72.6 Å². The van der Waals surface area contributed by atoms with Crippen LogP contribution in [0.2, 0.25) is 0 Å². The Morgan fingerprint density at radius 3 is 2.38 bits per heavy atom. The lowest BCUT2D eigenvalue weighted by molar-refractivity contribution is 0.0956. The summed E-state index contributed by atoms with van der Waals surface area (Å²) >= 11 is 0. The molecule has 2 heteroatoms. The van der Waals surface area contributed by atoms with E-state index < -0.39 is 0 Å². The molecule has 1 fully saturated rings. The summed E-state index contributed by atoms with van der Waals surface area (Å²) in [5.41, 5.74) is 4.06. The quantitative estimate of drug-likeness (QED) is 0.583. The van der Waals surface area contributed by atoms with Crippen molar-refractivity contribution in [3.8, 4) is 0 Å². The lowest BCUT2D eigenvalue weighted by Crippen LogP contribution is -2.34. The van der Waals surface area contributed by atoms with Gasteiger partial charge in [-0.1, -0.05) is 52.8 Å². The van der Waals surface area contributed by atoms with Crippen LogP contribution in [0, 0.1) is 16.6 Å². The highest BCUT2D eigenvalue weighted by molar-refractivity contribution is 5.70. The number of halogens is 1. The summed E-state index contributed by atoms with van der Waals surface area (Å²) in [6, 6.07) is 5.72. The minimum Gasteiger partial charge on any atom is -0.299 e. The molecule has 1 aliphatic carbocycles. The maximum Gasteiger partial charge on any atom is 0.127 e. The van der Waals surface area contributed by atoms with Gasteiger partial charge in [-0.2, -0.15) is 0 Å². The summed E-state index contributed by atoms with van der Waals surface area (Å²) in [7, 11) is 0. The van der Waals surface area contributed by atoms with E-state index in [0.717, 1.165) is 44.5 Å². The van der Waals surface area contributed by atoms with E-state index in [-0.39, 0.29) is 16.6 Å². The summed E-state index contributed by atoms with van der Waals surface area (Å²) in [5, 5.41) is 0. The van der Waals surface area contributed by atoms with E-state index in [9.17, 15) is 0 Å². The van der Waals surface area contributed by atoms with Gasteiger partial charge in [0.1, 0.15) is 5.82 Å². The minimum absolute atomic E-state index is 0.00196. The molecule has 0 saturated heterocycles. The molecule has 1 aromatic carbocycles.